The molecule has 0 aliphatic heterocycles. The van der Waals surface area contributed by atoms with Crippen LogP contribution >= 0.6 is 23.1 Å². The van der Waals surface area contributed by atoms with Crippen molar-refractivity contribution in [2.45, 2.75) is 24.8 Å². The summed E-state index contributed by atoms with van der Waals surface area (Å²) in [7, 11) is 0. The summed E-state index contributed by atoms with van der Waals surface area (Å²) < 4.78 is 1.81. The molecule has 136 valence electrons. The molecule has 1 N–H and O–H groups in total. The minimum atomic E-state index is 0.707. The topological polar surface area (TPSA) is 68.5 Å². The molecule has 0 fully saturated rings. The number of benzene rings is 2. The molecule has 4 rings (SSSR count). The Bertz CT molecular complexity index is 1020. The van der Waals surface area contributed by atoms with Gasteiger partial charge in [-0.2, -0.15) is 4.68 Å². The minimum absolute atomic E-state index is 0.707. The number of hydrogen-bond acceptors (Lipinski definition) is 7. The van der Waals surface area contributed by atoms with Gasteiger partial charge in [-0.15, -0.1) is 16.4 Å². The fourth-order valence-electron chi connectivity index (χ4n) is 2.76. The number of thiazole rings is 1. The van der Waals surface area contributed by atoms with Crippen molar-refractivity contribution in [1.29, 1.82) is 0 Å². The summed E-state index contributed by atoms with van der Waals surface area (Å²) in [5.41, 5.74) is 5.36. The van der Waals surface area contributed by atoms with Gasteiger partial charge in [0.2, 0.25) is 5.16 Å². The number of para-hydroxylation sites is 2. The summed E-state index contributed by atoms with van der Waals surface area (Å²) in [4.78, 5) is 4.65. The third kappa shape index (κ3) is 4.01. The lowest BCUT2D eigenvalue weighted by Crippen LogP contribution is -2.04. The highest BCUT2D eigenvalue weighted by molar-refractivity contribution is 7.98. The fraction of sp³-hybridized carbons (Fsp3) is 0.158. The van der Waals surface area contributed by atoms with Crippen LogP contribution in [0.5, 0.6) is 0 Å². The largest absolute Gasteiger partial charge is 0.332 e. The van der Waals surface area contributed by atoms with Crippen molar-refractivity contribution in [3.63, 3.8) is 0 Å². The molecule has 2 aromatic heterocycles. The number of nitrogens with one attached hydrogen (secondary N) is 1. The predicted molar refractivity (Wildman–Crippen MR) is 110 cm³/mol. The zero-order chi connectivity index (χ0) is 18.6. The quantitative estimate of drug-likeness (QED) is 0.475. The highest BCUT2D eigenvalue weighted by atomic mass is 32.2. The lowest BCUT2D eigenvalue weighted by Gasteiger charge is -2.10. The molecule has 2 heterocycles. The van der Waals surface area contributed by atoms with Gasteiger partial charge in [-0.05, 0) is 47.5 Å². The van der Waals surface area contributed by atoms with Gasteiger partial charge in [0.05, 0.1) is 11.4 Å². The predicted octanol–water partition coefficient (Wildman–Crippen LogP) is 4.77. The van der Waals surface area contributed by atoms with Crippen LogP contribution in [0.4, 0.5) is 10.8 Å². The lowest BCUT2D eigenvalue weighted by atomic mass is 10.1. The molecule has 0 radical (unpaired) electrons. The van der Waals surface area contributed by atoms with Crippen molar-refractivity contribution in [2.75, 3.05) is 5.32 Å². The molecular formula is C19H18N6S2. The Morgan fingerprint density at radius 2 is 1.81 bits per heavy atom. The van der Waals surface area contributed by atoms with Crippen LogP contribution in [-0.4, -0.2) is 25.2 Å². The van der Waals surface area contributed by atoms with E-state index < -0.39 is 0 Å². The van der Waals surface area contributed by atoms with Crippen molar-refractivity contribution in [2.24, 2.45) is 0 Å². The zero-order valence-electron chi connectivity index (χ0n) is 15.0. The van der Waals surface area contributed by atoms with Gasteiger partial charge in [0.1, 0.15) is 0 Å². The van der Waals surface area contributed by atoms with Crippen molar-refractivity contribution in [3.05, 3.63) is 70.7 Å². The Labute approximate surface area is 165 Å². The van der Waals surface area contributed by atoms with Gasteiger partial charge < -0.3 is 5.32 Å². The fourth-order valence-corrected chi connectivity index (χ4v) is 4.37. The Morgan fingerprint density at radius 1 is 1.04 bits per heavy atom. The van der Waals surface area contributed by atoms with E-state index in [1.807, 2.05) is 41.1 Å². The van der Waals surface area contributed by atoms with Crippen molar-refractivity contribution in [3.8, 4) is 5.69 Å². The Hall–Kier alpha value is -2.71. The lowest BCUT2D eigenvalue weighted by molar-refractivity contribution is 0.747. The molecule has 2 aromatic carbocycles. The molecule has 0 aliphatic rings. The number of aryl methyl sites for hydroxylation is 2. The minimum Gasteiger partial charge on any atom is -0.332 e. The van der Waals surface area contributed by atoms with E-state index >= 15 is 0 Å². The van der Waals surface area contributed by atoms with Crippen molar-refractivity contribution in [1.82, 2.24) is 25.2 Å². The molecule has 0 saturated heterocycles. The molecule has 8 heteroatoms. The summed E-state index contributed by atoms with van der Waals surface area (Å²) in [6.07, 6.45) is 0. The average molecular weight is 395 g/mol. The van der Waals surface area contributed by atoms with Gasteiger partial charge >= 0.3 is 0 Å². The molecule has 27 heavy (non-hydrogen) atoms. The van der Waals surface area contributed by atoms with Crippen molar-refractivity contribution >= 4 is 33.9 Å². The third-order valence-corrected chi connectivity index (χ3v) is 5.78. The highest BCUT2D eigenvalue weighted by Crippen LogP contribution is 2.28. The number of hydrogen-bond donors (Lipinski definition) is 1. The van der Waals surface area contributed by atoms with Crippen LogP contribution in [0, 0.1) is 13.8 Å². The molecule has 4 aromatic rings. The molecule has 0 atom stereocenters. The van der Waals surface area contributed by atoms with E-state index in [1.165, 1.54) is 0 Å². The van der Waals surface area contributed by atoms with Gasteiger partial charge in [0.15, 0.2) is 5.13 Å². The molecule has 6 nitrogen and oxygen atoms in total. The molecular weight excluding hydrogens is 376 g/mol. The third-order valence-electron chi connectivity index (χ3n) is 4.02. The summed E-state index contributed by atoms with van der Waals surface area (Å²) in [5, 5.41) is 19.3. The summed E-state index contributed by atoms with van der Waals surface area (Å²) in [6.45, 7) is 4.14. The zero-order valence-corrected chi connectivity index (χ0v) is 16.6. The van der Waals surface area contributed by atoms with Crippen LogP contribution in [0.1, 0.15) is 16.8 Å². The van der Waals surface area contributed by atoms with E-state index in [0.717, 1.165) is 38.5 Å². The van der Waals surface area contributed by atoms with Crippen molar-refractivity contribution < 1.29 is 0 Å². The second-order valence-electron chi connectivity index (χ2n) is 6.04. The molecule has 0 unspecified atom stereocenters. The van der Waals surface area contributed by atoms with Crippen LogP contribution < -0.4 is 5.32 Å². The molecule has 0 spiro atoms. The van der Waals surface area contributed by atoms with E-state index in [9.17, 15) is 0 Å². The Morgan fingerprint density at radius 3 is 2.59 bits per heavy atom. The summed E-state index contributed by atoms with van der Waals surface area (Å²) in [6, 6.07) is 16.2. The Kier molecular flexibility index (Phi) is 5.17. The van der Waals surface area contributed by atoms with Crippen LogP contribution in [-0.2, 0) is 5.75 Å². The van der Waals surface area contributed by atoms with E-state index in [0.29, 0.717) is 5.75 Å². The number of thioether (sulfide) groups is 1. The Balaban J connectivity index is 1.47. The van der Waals surface area contributed by atoms with Gasteiger partial charge in [-0.3, -0.25) is 0 Å². The number of rotatable bonds is 6. The first-order valence-electron chi connectivity index (χ1n) is 8.45. The van der Waals surface area contributed by atoms with Crippen LogP contribution in [0.2, 0.25) is 0 Å². The summed E-state index contributed by atoms with van der Waals surface area (Å²) in [5.74, 6) is 0.707. The van der Waals surface area contributed by atoms with Crippen LogP contribution in [0.15, 0.2) is 59.1 Å². The van der Waals surface area contributed by atoms with E-state index in [2.05, 4.69) is 57.2 Å². The number of aromatic nitrogens is 5. The molecule has 0 aliphatic carbocycles. The smallest absolute Gasteiger partial charge is 0.214 e. The maximum atomic E-state index is 4.65. The first-order valence-corrected chi connectivity index (χ1v) is 10.3. The first-order chi connectivity index (χ1) is 13.2. The van der Waals surface area contributed by atoms with Gasteiger partial charge in [-0.1, -0.05) is 48.2 Å². The molecule has 0 amide bonds. The van der Waals surface area contributed by atoms with E-state index in [1.54, 1.807) is 23.1 Å². The maximum Gasteiger partial charge on any atom is 0.214 e. The molecule has 0 saturated carbocycles. The normalized spacial score (nSPS) is 10.9. The highest BCUT2D eigenvalue weighted by Gasteiger charge is 2.14. The van der Waals surface area contributed by atoms with Crippen LogP contribution in [0.25, 0.3) is 5.69 Å². The van der Waals surface area contributed by atoms with Gasteiger partial charge in [0, 0.05) is 16.8 Å². The maximum absolute atomic E-state index is 4.65. The monoisotopic (exact) mass is 394 g/mol. The number of tetrazole rings is 1. The second-order valence-corrected chi connectivity index (χ2v) is 7.84. The SMILES string of the molecule is Cc1cccc(C)c1-n1nnnc1SCc1csc(Nc2ccccc2)n1. The molecule has 0 bridgehead atoms. The summed E-state index contributed by atoms with van der Waals surface area (Å²) >= 11 is 3.17. The standard InChI is InChI=1S/C19H18N6S2/c1-13-7-6-8-14(2)17(13)25-19(22-23-24-25)27-12-16-11-26-18(21-16)20-15-9-4-3-5-10-15/h3-11H,12H2,1-2H3,(H,20,21). The number of nitrogens with zero attached hydrogens (tertiary/aromatic N) is 5. The van der Waals surface area contributed by atoms with E-state index in [4.69, 9.17) is 0 Å². The van der Waals surface area contributed by atoms with Gasteiger partial charge in [-0.25, -0.2) is 4.98 Å². The van der Waals surface area contributed by atoms with Gasteiger partial charge in [0.25, 0.3) is 0 Å². The van der Waals surface area contributed by atoms with Crippen LogP contribution in [0.3, 0.4) is 0 Å². The first kappa shape index (κ1) is 17.7. The second kappa shape index (κ2) is 7.89. The van der Waals surface area contributed by atoms with E-state index in [-0.39, 0.29) is 0 Å². The number of anilines is 2. The average Bonchev–Trinajstić information content (AvgIpc) is 3.30.